The molecule has 0 aromatic heterocycles. The maximum atomic E-state index is 11.8. The Hall–Kier alpha value is -1.79. The van der Waals surface area contributed by atoms with E-state index in [9.17, 15) is 4.79 Å². The molecule has 0 spiro atoms. The van der Waals surface area contributed by atoms with Crippen molar-refractivity contribution in [3.05, 3.63) is 35.9 Å². The molecule has 0 amide bonds. The molecule has 0 aliphatic heterocycles. The molecule has 0 radical (unpaired) electrons. The van der Waals surface area contributed by atoms with Crippen LogP contribution in [0.5, 0.6) is 0 Å². The van der Waals surface area contributed by atoms with Crippen LogP contribution in [0.15, 0.2) is 30.3 Å². The summed E-state index contributed by atoms with van der Waals surface area (Å²) in [6.45, 7) is 11.6. The monoisotopic (exact) mass is 664 g/mol. The van der Waals surface area contributed by atoms with E-state index in [2.05, 4.69) is 0 Å². The Morgan fingerprint density at radius 2 is 0.609 bits per heavy atom. The third-order valence-electron chi connectivity index (χ3n) is 5.62. The Morgan fingerprint density at radius 3 is 0.870 bits per heavy atom. The third-order valence-corrected chi connectivity index (χ3v) is 5.62. The van der Waals surface area contributed by atoms with Crippen molar-refractivity contribution in [1.29, 1.82) is 0 Å². The highest BCUT2D eigenvalue weighted by Crippen LogP contribution is 2.00. The lowest BCUT2D eigenvalue weighted by atomic mass is 10.2. The molecule has 0 saturated carbocycles. The molecule has 14 heteroatoms. The standard InChI is InChI=1S/C32H56O14/c1-34-7-8-35-9-10-36-11-12-37-13-14-38-15-16-39-17-18-40-19-20-41-21-22-42-23-24-43-25-26-44-27-28-45-29-30-46-32(33)31-5-3-2-4-6-31/h2-6H,7-30H2,1H3. The van der Waals surface area contributed by atoms with Crippen LogP contribution in [0.3, 0.4) is 0 Å². The van der Waals surface area contributed by atoms with Gasteiger partial charge in [-0.1, -0.05) is 18.2 Å². The van der Waals surface area contributed by atoms with Crippen LogP contribution in [-0.2, 0) is 61.6 Å². The van der Waals surface area contributed by atoms with Crippen LogP contribution in [0.25, 0.3) is 0 Å². The van der Waals surface area contributed by atoms with Gasteiger partial charge in [0.1, 0.15) is 6.61 Å². The van der Waals surface area contributed by atoms with Crippen molar-refractivity contribution in [2.75, 3.05) is 166 Å². The molecular formula is C32H56O14. The SMILES string of the molecule is COCCOCCOCCOCCOCCOCCOCCOCCOCCOCCOCCOCCOC(=O)c1ccccc1. The lowest BCUT2D eigenvalue weighted by Crippen LogP contribution is -2.15. The van der Waals surface area contributed by atoms with Gasteiger partial charge in [0.25, 0.3) is 0 Å². The fourth-order valence-corrected chi connectivity index (χ4v) is 3.29. The van der Waals surface area contributed by atoms with Gasteiger partial charge in [-0.05, 0) is 12.1 Å². The molecule has 14 nitrogen and oxygen atoms in total. The largest absolute Gasteiger partial charge is 0.460 e. The van der Waals surface area contributed by atoms with Gasteiger partial charge in [-0.3, -0.25) is 0 Å². The van der Waals surface area contributed by atoms with Gasteiger partial charge in [-0.2, -0.15) is 0 Å². The van der Waals surface area contributed by atoms with E-state index in [0.29, 0.717) is 158 Å². The summed E-state index contributed by atoms with van der Waals surface area (Å²) < 4.78 is 69.8. The summed E-state index contributed by atoms with van der Waals surface area (Å²) in [6.07, 6.45) is 0. The van der Waals surface area contributed by atoms with E-state index >= 15 is 0 Å². The third kappa shape index (κ3) is 30.8. The molecule has 268 valence electrons. The van der Waals surface area contributed by atoms with Crippen molar-refractivity contribution in [1.82, 2.24) is 0 Å². The van der Waals surface area contributed by atoms with Gasteiger partial charge in [-0.15, -0.1) is 0 Å². The number of methoxy groups -OCH3 is 1. The molecule has 0 saturated heterocycles. The first-order valence-corrected chi connectivity index (χ1v) is 15.9. The summed E-state index contributed by atoms with van der Waals surface area (Å²) in [5.74, 6) is -0.357. The molecule has 1 rings (SSSR count). The summed E-state index contributed by atoms with van der Waals surface area (Å²) in [5.41, 5.74) is 0.525. The highest BCUT2D eigenvalue weighted by molar-refractivity contribution is 5.89. The summed E-state index contributed by atoms with van der Waals surface area (Å²) in [6, 6.07) is 8.85. The number of ether oxygens (including phenoxy) is 13. The summed E-state index contributed by atoms with van der Waals surface area (Å²) in [4.78, 5) is 11.8. The van der Waals surface area contributed by atoms with Gasteiger partial charge >= 0.3 is 5.97 Å². The predicted octanol–water partition coefficient (Wildman–Crippen LogP) is 1.67. The lowest BCUT2D eigenvalue weighted by molar-refractivity contribution is -0.0285. The minimum absolute atomic E-state index is 0.201. The van der Waals surface area contributed by atoms with Crippen LogP contribution in [0.4, 0.5) is 0 Å². The number of hydrogen-bond donors (Lipinski definition) is 0. The van der Waals surface area contributed by atoms with Gasteiger partial charge in [0.05, 0.1) is 158 Å². The molecule has 0 aliphatic carbocycles. The maximum Gasteiger partial charge on any atom is 0.338 e. The fraction of sp³-hybridized carbons (Fsp3) is 0.781. The molecule has 0 atom stereocenters. The normalized spacial score (nSPS) is 11.3. The Labute approximate surface area is 274 Å². The van der Waals surface area contributed by atoms with Crippen LogP contribution in [0.2, 0.25) is 0 Å². The molecule has 1 aromatic rings. The van der Waals surface area contributed by atoms with Gasteiger partial charge in [-0.25, -0.2) is 4.79 Å². The number of benzene rings is 1. The summed E-state index contributed by atoms with van der Waals surface area (Å²) >= 11 is 0. The molecule has 0 fully saturated rings. The second-order valence-corrected chi connectivity index (χ2v) is 9.23. The van der Waals surface area contributed by atoms with Crippen molar-refractivity contribution >= 4 is 5.97 Å². The molecule has 1 aromatic carbocycles. The molecule has 46 heavy (non-hydrogen) atoms. The highest BCUT2D eigenvalue weighted by Gasteiger charge is 2.05. The Bertz CT molecular complexity index is 743. The van der Waals surface area contributed by atoms with Crippen LogP contribution in [0.1, 0.15) is 10.4 Å². The Balaban J connectivity index is 1.63. The summed E-state index contributed by atoms with van der Waals surface area (Å²) in [5, 5.41) is 0. The maximum absolute atomic E-state index is 11.8. The highest BCUT2D eigenvalue weighted by atomic mass is 16.6. The molecular weight excluding hydrogens is 608 g/mol. The van der Waals surface area contributed by atoms with Crippen molar-refractivity contribution in [3.8, 4) is 0 Å². The zero-order valence-electron chi connectivity index (χ0n) is 27.6. The molecule has 0 unspecified atom stereocenters. The predicted molar refractivity (Wildman–Crippen MR) is 168 cm³/mol. The van der Waals surface area contributed by atoms with E-state index in [1.165, 1.54) is 0 Å². The first kappa shape index (κ1) is 42.2. The smallest absolute Gasteiger partial charge is 0.338 e. The van der Waals surface area contributed by atoms with Gasteiger partial charge in [0, 0.05) is 7.11 Å². The molecule has 0 aliphatic rings. The van der Waals surface area contributed by atoms with Crippen molar-refractivity contribution in [2.45, 2.75) is 0 Å². The lowest BCUT2D eigenvalue weighted by Gasteiger charge is -2.09. The van der Waals surface area contributed by atoms with Crippen molar-refractivity contribution in [2.24, 2.45) is 0 Å². The fourth-order valence-electron chi connectivity index (χ4n) is 3.29. The minimum atomic E-state index is -0.357. The van der Waals surface area contributed by atoms with Crippen LogP contribution >= 0.6 is 0 Å². The van der Waals surface area contributed by atoms with Gasteiger partial charge < -0.3 is 61.6 Å². The first-order chi connectivity index (χ1) is 22.8. The second kappa shape index (κ2) is 36.1. The number of hydrogen-bond acceptors (Lipinski definition) is 14. The summed E-state index contributed by atoms with van der Waals surface area (Å²) in [7, 11) is 1.64. The molecule has 0 N–H and O–H groups in total. The van der Waals surface area contributed by atoms with Crippen LogP contribution in [0, 0.1) is 0 Å². The zero-order valence-corrected chi connectivity index (χ0v) is 27.6. The number of esters is 1. The van der Waals surface area contributed by atoms with E-state index < -0.39 is 0 Å². The van der Waals surface area contributed by atoms with E-state index in [0.717, 1.165) is 0 Å². The van der Waals surface area contributed by atoms with Crippen LogP contribution in [-0.4, -0.2) is 172 Å². The molecule has 0 heterocycles. The van der Waals surface area contributed by atoms with E-state index in [-0.39, 0.29) is 12.6 Å². The average Bonchev–Trinajstić information content (AvgIpc) is 3.08. The topological polar surface area (TPSA) is 137 Å². The second-order valence-electron chi connectivity index (χ2n) is 9.23. The number of rotatable bonds is 37. The number of carbonyl (C=O) groups is 1. The average molecular weight is 665 g/mol. The number of carbonyl (C=O) groups excluding carboxylic acids is 1. The van der Waals surface area contributed by atoms with Crippen LogP contribution < -0.4 is 0 Å². The van der Waals surface area contributed by atoms with Gasteiger partial charge in [0.15, 0.2) is 0 Å². The molecule has 0 bridgehead atoms. The van der Waals surface area contributed by atoms with Crippen molar-refractivity contribution < 1.29 is 66.4 Å². The van der Waals surface area contributed by atoms with E-state index in [4.69, 9.17) is 61.6 Å². The van der Waals surface area contributed by atoms with E-state index in [1.807, 2.05) is 6.07 Å². The first-order valence-electron chi connectivity index (χ1n) is 15.9. The quantitative estimate of drug-likeness (QED) is 0.0753. The Morgan fingerprint density at radius 1 is 0.370 bits per heavy atom. The minimum Gasteiger partial charge on any atom is -0.460 e. The zero-order chi connectivity index (χ0) is 32.9. The van der Waals surface area contributed by atoms with Crippen molar-refractivity contribution in [3.63, 3.8) is 0 Å². The Kier molecular flexibility index (Phi) is 33.1. The van der Waals surface area contributed by atoms with E-state index in [1.54, 1.807) is 31.4 Å². The van der Waals surface area contributed by atoms with Gasteiger partial charge in [0.2, 0.25) is 0 Å².